The van der Waals surface area contributed by atoms with Gasteiger partial charge in [-0.05, 0) is 43.5 Å². The first-order valence-electron chi connectivity index (χ1n) is 9.71. The SMILES string of the molecule is CCc1cc2c(N3CCC(C(=O)Nc4cc(Cl)ccc4OC)CC3)ncnc2s1. The fraction of sp³-hybridized carbons (Fsp3) is 0.381. The van der Waals surface area contributed by atoms with Gasteiger partial charge < -0.3 is 15.0 Å². The average Bonchev–Trinajstić information content (AvgIpc) is 3.17. The van der Waals surface area contributed by atoms with Crippen molar-refractivity contribution in [3.05, 3.63) is 40.5 Å². The van der Waals surface area contributed by atoms with Crippen LogP contribution in [0.15, 0.2) is 30.6 Å². The summed E-state index contributed by atoms with van der Waals surface area (Å²) < 4.78 is 5.32. The number of nitrogens with one attached hydrogen (secondary N) is 1. The lowest BCUT2D eigenvalue weighted by molar-refractivity contribution is -0.120. The number of benzene rings is 1. The zero-order chi connectivity index (χ0) is 20.4. The number of hydrogen-bond donors (Lipinski definition) is 1. The maximum Gasteiger partial charge on any atom is 0.227 e. The number of ether oxygens (including phenoxy) is 1. The molecule has 1 amide bonds. The lowest BCUT2D eigenvalue weighted by Gasteiger charge is -2.32. The van der Waals surface area contributed by atoms with Gasteiger partial charge in [0.05, 0.1) is 18.2 Å². The summed E-state index contributed by atoms with van der Waals surface area (Å²) in [6.45, 7) is 3.72. The van der Waals surface area contributed by atoms with Crippen LogP contribution in [0.3, 0.4) is 0 Å². The molecule has 1 fully saturated rings. The normalized spacial score (nSPS) is 14.9. The molecule has 29 heavy (non-hydrogen) atoms. The van der Waals surface area contributed by atoms with Gasteiger partial charge in [0.25, 0.3) is 0 Å². The number of hydrogen-bond acceptors (Lipinski definition) is 6. The summed E-state index contributed by atoms with van der Waals surface area (Å²) >= 11 is 7.79. The maximum absolute atomic E-state index is 12.8. The second-order valence-corrected chi connectivity index (χ2v) is 8.63. The molecular formula is C21H23ClN4O2S. The van der Waals surface area contributed by atoms with Crippen LogP contribution in [-0.4, -0.2) is 36.1 Å². The van der Waals surface area contributed by atoms with Crippen molar-refractivity contribution >= 4 is 50.6 Å². The second kappa shape index (κ2) is 8.55. The molecule has 0 spiro atoms. The topological polar surface area (TPSA) is 67.4 Å². The van der Waals surface area contributed by atoms with Gasteiger partial charge in [-0.2, -0.15) is 0 Å². The number of halogens is 1. The maximum atomic E-state index is 12.8. The number of rotatable bonds is 5. The summed E-state index contributed by atoms with van der Waals surface area (Å²) in [5, 5.41) is 4.65. The highest BCUT2D eigenvalue weighted by Crippen LogP contribution is 2.33. The number of fused-ring (bicyclic) bond motifs is 1. The number of nitrogens with zero attached hydrogens (tertiary/aromatic N) is 3. The smallest absolute Gasteiger partial charge is 0.227 e. The Hall–Kier alpha value is -2.38. The number of thiophene rings is 1. The first-order chi connectivity index (χ1) is 14.1. The Balaban J connectivity index is 1.44. The van der Waals surface area contributed by atoms with E-state index in [4.69, 9.17) is 16.3 Å². The predicted molar refractivity (Wildman–Crippen MR) is 118 cm³/mol. The molecular weight excluding hydrogens is 408 g/mol. The fourth-order valence-corrected chi connectivity index (χ4v) is 4.79. The Labute approximate surface area is 178 Å². The van der Waals surface area contributed by atoms with Crippen LogP contribution in [0.1, 0.15) is 24.6 Å². The largest absolute Gasteiger partial charge is 0.495 e. The van der Waals surface area contributed by atoms with E-state index in [1.165, 1.54) is 4.88 Å². The Morgan fingerprint density at radius 1 is 1.31 bits per heavy atom. The zero-order valence-corrected chi connectivity index (χ0v) is 18.0. The van der Waals surface area contributed by atoms with Crippen molar-refractivity contribution in [2.45, 2.75) is 26.2 Å². The van der Waals surface area contributed by atoms with Crippen LogP contribution in [-0.2, 0) is 11.2 Å². The lowest BCUT2D eigenvalue weighted by atomic mass is 9.95. The minimum Gasteiger partial charge on any atom is -0.495 e. The number of amides is 1. The van der Waals surface area contributed by atoms with Crippen molar-refractivity contribution in [2.75, 3.05) is 30.4 Å². The van der Waals surface area contributed by atoms with Crippen molar-refractivity contribution in [3.8, 4) is 5.75 Å². The molecule has 3 aromatic rings. The van der Waals surface area contributed by atoms with Gasteiger partial charge in [-0.25, -0.2) is 9.97 Å². The quantitative estimate of drug-likeness (QED) is 0.631. The Morgan fingerprint density at radius 3 is 2.83 bits per heavy atom. The summed E-state index contributed by atoms with van der Waals surface area (Å²) in [7, 11) is 1.58. The van der Waals surface area contributed by atoms with Gasteiger partial charge in [0, 0.05) is 28.9 Å². The molecule has 0 unspecified atom stereocenters. The van der Waals surface area contributed by atoms with Crippen LogP contribution in [0.2, 0.25) is 5.02 Å². The third kappa shape index (κ3) is 4.16. The molecule has 152 valence electrons. The van der Waals surface area contributed by atoms with E-state index in [0.29, 0.717) is 16.5 Å². The molecule has 2 aromatic heterocycles. The van der Waals surface area contributed by atoms with Crippen LogP contribution < -0.4 is 15.0 Å². The summed E-state index contributed by atoms with van der Waals surface area (Å²) in [5.74, 6) is 1.52. The first-order valence-corrected chi connectivity index (χ1v) is 10.9. The molecule has 1 N–H and O–H groups in total. The van der Waals surface area contributed by atoms with Gasteiger partial charge in [-0.15, -0.1) is 11.3 Å². The van der Waals surface area contributed by atoms with Crippen molar-refractivity contribution in [1.29, 1.82) is 0 Å². The number of aromatic nitrogens is 2. The van der Waals surface area contributed by atoms with E-state index in [0.717, 1.165) is 48.4 Å². The van der Waals surface area contributed by atoms with Crippen LogP contribution in [0.25, 0.3) is 10.2 Å². The monoisotopic (exact) mass is 430 g/mol. The summed E-state index contributed by atoms with van der Waals surface area (Å²) in [5.41, 5.74) is 0.607. The highest BCUT2D eigenvalue weighted by atomic mass is 35.5. The molecule has 1 aromatic carbocycles. The van der Waals surface area contributed by atoms with E-state index in [9.17, 15) is 4.79 Å². The Morgan fingerprint density at radius 2 is 2.10 bits per heavy atom. The highest BCUT2D eigenvalue weighted by Gasteiger charge is 2.27. The second-order valence-electron chi connectivity index (χ2n) is 7.08. The van der Waals surface area contributed by atoms with Gasteiger partial charge >= 0.3 is 0 Å². The molecule has 8 heteroatoms. The fourth-order valence-electron chi connectivity index (χ4n) is 3.69. The van der Waals surface area contributed by atoms with E-state index in [-0.39, 0.29) is 11.8 Å². The third-order valence-corrected chi connectivity index (χ3v) is 6.72. The van der Waals surface area contributed by atoms with Crippen molar-refractivity contribution in [3.63, 3.8) is 0 Å². The van der Waals surface area contributed by atoms with E-state index >= 15 is 0 Å². The average molecular weight is 431 g/mol. The Bertz CT molecular complexity index is 1030. The van der Waals surface area contributed by atoms with Crippen LogP contribution in [0, 0.1) is 5.92 Å². The third-order valence-electron chi connectivity index (χ3n) is 5.29. The van der Waals surface area contributed by atoms with Gasteiger partial charge in [-0.3, -0.25) is 4.79 Å². The van der Waals surface area contributed by atoms with Gasteiger partial charge in [0.1, 0.15) is 22.7 Å². The highest BCUT2D eigenvalue weighted by molar-refractivity contribution is 7.18. The van der Waals surface area contributed by atoms with E-state index in [1.807, 2.05) is 0 Å². The number of methoxy groups -OCH3 is 1. The first kappa shape index (κ1) is 19.9. The number of carbonyl (C=O) groups excluding carboxylic acids is 1. The minimum absolute atomic E-state index is 0.00172. The molecule has 1 aliphatic rings. The van der Waals surface area contributed by atoms with Gasteiger partial charge in [0.2, 0.25) is 5.91 Å². The van der Waals surface area contributed by atoms with Crippen LogP contribution in [0.4, 0.5) is 11.5 Å². The van der Waals surface area contributed by atoms with E-state index in [2.05, 4.69) is 33.2 Å². The standard InChI is InChI=1S/C21H23ClN4O2S/c1-3-15-11-16-19(23-12-24-21(16)29-15)26-8-6-13(7-9-26)20(27)25-17-10-14(22)4-5-18(17)28-2/h4-5,10-13H,3,6-9H2,1-2H3,(H,25,27). The predicted octanol–water partition coefficient (Wildman–Crippen LogP) is 4.77. The lowest BCUT2D eigenvalue weighted by Crippen LogP contribution is -2.38. The van der Waals surface area contributed by atoms with Crippen molar-refractivity contribution in [1.82, 2.24) is 9.97 Å². The minimum atomic E-state index is -0.0547. The van der Waals surface area contributed by atoms with E-state index < -0.39 is 0 Å². The molecule has 0 saturated carbocycles. The van der Waals surface area contributed by atoms with Gasteiger partial charge in [0.15, 0.2) is 0 Å². The summed E-state index contributed by atoms with van der Waals surface area (Å²) in [4.78, 5) is 26.3. The molecule has 1 aliphatic heterocycles. The summed E-state index contributed by atoms with van der Waals surface area (Å²) in [6.07, 6.45) is 4.17. The van der Waals surface area contributed by atoms with Crippen LogP contribution >= 0.6 is 22.9 Å². The van der Waals surface area contributed by atoms with Crippen molar-refractivity contribution in [2.24, 2.45) is 5.92 Å². The zero-order valence-electron chi connectivity index (χ0n) is 16.4. The molecule has 3 heterocycles. The molecule has 0 atom stereocenters. The summed E-state index contributed by atoms with van der Waals surface area (Å²) in [6, 6.07) is 7.41. The number of carbonyl (C=O) groups is 1. The van der Waals surface area contributed by atoms with Gasteiger partial charge in [-0.1, -0.05) is 18.5 Å². The Kier molecular flexibility index (Phi) is 5.87. The molecule has 0 radical (unpaired) electrons. The number of piperidine rings is 1. The van der Waals surface area contributed by atoms with Crippen molar-refractivity contribution < 1.29 is 9.53 Å². The molecule has 1 saturated heterocycles. The van der Waals surface area contributed by atoms with E-state index in [1.54, 1.807) is 43.0 Å². The molecule has 4 rings (SSSR count). The number of aryl methyl sites for hydroxylation is 1. The number of anilines is 2. The molecule has 0 bridgehead atoms. The molecule has 6 nitrogen and oxygen atoms in total. The van der Waals surface area contributed by atoms with Crippen LogP contribution in [0.5, 0.6) is 5.75 Å². The molecule has 0 aliphatic carbocycles.